The van der Waals surface area contributed by atoms with Gasteiger partial charge in [-0.2, -0.15) is 4.31 Å². The summed E-state index contributed by atoms with van der Waals surface area (Å²) in [4.78, 5) is 6.12. The van der Waals surface area contributed by atoms with E-state index in [0.29, 0.717) is 18.0 Å². The lowest BCUT2D eigenvalue weighted by Gasteiger charge is -2.18. The van der Waals surface area contributed by atoms with E-state index in [-0.39, 0.29) is 0 Å². The highest BCUT2D eigenvalue weighted by Crippen LogP contribution is 2.32. The summed E-state index contributed by atoms with van der Waals surface area (Å²) < 4.78 is 26.5. The fourth-order valence-electron chi connectivity index (χ4n) is 2.43. The Morgan fingerprint density at radius 2 is 1.75 bits per heavy atom. The van der Waals surface area contributed by atoms with Gasteiger partial charge < -0.3 is 0 Å². The van der Waals surface area contributed by atoms with Crippen molar-refractivity contribution in [3.05, 3.63) is 47.2 Å². The monoisotopic (exact) mass is 378 g/mol. The molecule has 0 aliphatic heterocycles. The summed E-state index contributed by atoms with van der Waals surface area (Å²) in [5.41, 5.74) is 1.79. The zero-order chi connectivity index (χ0) is 17.2. The van der Waals surface area contributed by atoms with Crippen LogP contribution in [0.5, 0.6) is 0 Å². The first-order chi connectivity index (χ1) is 11.6. The summed E-state index contributed by atoms with van der Waals surface area (Å²) >= 11 is 3.26. The Kier molecular flexibility index (Phi) is 5.15. The van der Waals surface area contributed by atoms with Crippen molar-refractivity contribution < 1.29 is 8.42 Å². The average Bonchev–Trinajstić information content (AvgIpc) is 3.27. The average molecular weight is 379 g/mol. The van der Waals surface area contributed by atoms with Crippen LogP contribution >= 0.6 is 22.7 Å². The summed E-state index contributed by atoms with van der Waals surface area (Å²) in [5, 5.41) is 5.02. The Morgan fingerprint density at radius 3 is 2.33 bits per heavy atom. The van der Waals surface area contributed by atoms with E-state index in [2.05, 4.69) is 4.98 Å². The van der Waals surface area contributed by atoms with Crippen LogP contribution < -0.4 is 0 Å². The molecule has 0 spiro atoms. The van der Waals surface area contributed by atoms with E-state index in [1.54, 1.807) is 34.8 Å². The van der Waals surface area contributed by atoms with Gasteiger partial charge in [-0.15, -0.1) is 22.7 Å². The molecule has 0 bridgehead atoms. The molecular weight excluding hydrogens is 360 g/mol. The van der Waals surface area contributed by atoms with E-state index in [9.17, 15) is 8.42 Å². The number of thiazole rings is 1. The maximum absolute atomic E-state index is 12.5. The van der Waals surface area contributed by atoms with E-state index in [4.69, 9.17) is 0 Å². The third-order valence-electron chi connectivity index (χ3n) is 3.73. The molecule has 0 radical (unpaired) electrons. The molecule has 0 fully saturated rings. The van der Waals surface area contributed by atoms with Crippen LogP contribution in [0.1, 0.15) is 13.8 Å². The van der Waals surface area contributed by atoms with Crippen LogP contribution in [0.25, 0.3) is 21.1 Å². The van der Waals surface area contributed by atoms with Crippen molar-refractivity contribution in [2.24, 2.45) is 0 Å². The lowest BCUT2D eigenvalue weighted by atomic mass is 10.2. The first-order valence-electron chi connectivity index (χ1n) is 7.66. The number of benzene rings is 1. The van der Waals surface area contributed by atoms with Crippen molar-refractivity contribution in [3.8, 4) is 21.1 Å². The molecule has 0 aliphatic carbocycles. The summed E-state index contributed by atoms with van der Waals surface area (Å²) in [6.45, 7) is 4.63. The summed E-state index contributed by atoms with van der Waals surface area (Å²) in [5.74, 6) is 0. The van der Waals surface area contributed by atoms with Gasteiger partial charge in [0, 0.05) is 24.0 Å². The van der Waals surface area contributed by atoms with Crippen molar-refractivity contribution >= 4 is 32.7 Å². The molecule has 4 nitrogen and oxygen atoms in total. The van der Waals surface area contributed by atoms with Crippen molar-refractivity contribution in [1.29, 1.82) is 0 Å². The molecule has 0 saturated carbocycles. The fraction of sp³-hybridized carbons (Fsp3) is 0.235. The van der Waals surface area contributed by atoms with Gasteiger partial charge in [-0.1, -0.05) is 32.0 Å². The molecule has 0 atom stereocenters. The summed E-state index contributed by atoms with van der Waals surface area (Å²) in [6.07, 6.45) is 0. The molecule has 3 rings (SSSR count). The molecule has 126 valence electrons. The number of thiophene rings is 1. The molecule has 0 saturated heterocycles. The Morgan fingerprint density at radius 1 is 1.04 bits per heavy atom. The Labute approximate surface area is 150 Å². The second-order valence-corrected chi connectivity index (χ2v) is 8.87. The lowest BCUT2D eigenvalue weighted by molar-refractivity contribution is 0.445. The summed E-state index contributed by atoms with van der Waals surface area (Å²) in [6, 6.07) is 11.0. The molecule has 0 N–H and O–H groups in total. The molecule has 0 amide bonds. The number of aromatic nitrogens is 1. The highest BCUT2D eigenvalue weighted by Gasteiger charge is 2.21. The zero-order valence-corrected chi connectivity index (χ0v) is 15.9. The standard InChI is InChI=1S/C17H18N2O2S3/c1-3-19(4-2)24(20,21)14-9-7-13(8-10-14)15-12-23-17(18-15)16-6-5-11-22-16/h5-12H,3-4H2,1-2H3. The van der Waals surface area contributed by atoms with E-state index < -0.39 is 10.0 Å². The van der Waals surface area contributed by atoms with Crippen LogP contribution in [-0.4, -0.2) is 30.8 Å². The number of hydrogen-bond donors (Lipinski definition) is 0. The van der Waals surface area contributed by atoms with Gasteiger partial charge in [0.1, 0.15) is 5.01 Å². The van der Waals surface area contributed by atoms with Gasteiger partial charge in [0.2, 0.25) is 10.0 Å². The van der Waals surface area contributed by atoms with Gasteiger partial charge in [-0.3, -0.25) is 0 Å². The topological polar surface area (TPSA) is 50.3 Å². The van der Waals surface area contributed by atoms with Crippen LogP contribution in [0, 0.1) is 0 Å². The predicted molar refractivity (Wildman–Crippen MR) is 101 cm³/mol. The minimum absolute atomic E-state index is 0.323. The molecular formula is C17H18N2O2S3. The molecule has 7 heteroatoms. The largest absolute Gasteiger partial charge is 0.243 e. The van der Waals surface area contributed by atoms with Crippen LogP contribution in [0.15, 0.2) is 52.1 Å². The van der Waals surface area contributed by atoms with Crippen LogP contribution in [-0.2, 0) is 10.0 Å². The smallest absolute Gasteiger partial charge is 0.235 e. The molecule has 3 aromatic rings. The normalized spacial score (nSPS) is 12.0. The molecule has 2 aromatic heterocycles. The molecule has 24 heavy (non-hydrogen) atoms. The van der Waals surface area contributed by atoms with Gasteiger partial charge in [0.15, 0.2) is 0 Å². The number of nitrogens with zero attached hydrogens (tertiary/aromatic N) is 2. The number of rotatable bonds is 6. The Balaban J connectivity index is 1.88. The highest BCUT2D eigenvalue weighted by atomic mass is 32.2. The second-order valence-electron chi connectivity index (χ2n) is 5.13. The van der Waals surface area contributed by atoms with Crippen molar-refractivity contribution in [3.63, 3.8) is 0 Å². The van der Waals surface area contributed by atoms with Gasteiger partial charge in [-0.25, -0.2) is 13.4 Å². The molecule has 0 aliphatic rings. The maximum Gasteiger partial charge on any atom is 0.243 e. The molecule has 2 heterocycles. The molecule has 0 unspecified atom stereocenters. The lowest BCUT2D eigenvalue weighted by Crippen LogP contribution is -2.30. The van der Waals surface area contributed by atoms with E-state index in [1.807, 2.05) is 48.9 Å². The number of hydrogen-bond acceptors (Lipinski definition) is 5. The first-order valence-corrected chi connectivity index (χ1v) is 10.9. The van der Waals surface area contributed by atoms with Crippen molar-refractivity contribution in [2.45, 2.75) is 18.7 Å². The third kappa shape index (κ3) is 3.30. The fourth-order valence-corrected chi connectivity index (χ4v) is 5.53. The minimum atomic E-state index is -3.41. The summed E-state index contributed by atoms with van der Waals surface area (Å²) in [7, 11) is -3.41. The minimum Gasteiger partial charge on any atom is -0.235 e. The van der Waals surface area contributed by atoms with E-state index in [0.717, 1.165) is 21.1 Å². The van der Waals surface area contributed by atoms with Crippen LogP contribution in [0.4, 0.5) is 0 Å². The first kappa shape index (κ1) is 17.3. The SMILES string of the molecule is CCN(CC)S(=O)(=O)c1ccc(-c2csc(-c3cccs3)n2)cc1. The van der Waals surface area contributed by atoms with Gasteiger partial charge in [0.25, 0.3) is 0 Å². The predicted octanol–water partition coefficient (Wildman–Crippen LogP) is 4.57. The van der Waals surface area contributed by atoms with Gasteiger partial charge in [0.05, 0.1) is 15.5 Å². The van der Waals surface area contributed by atoms with Crippen molar-refractivity contribution in [1.82, 2.24) is 9.29 Å². The quantitative estimate of drug-likeness (QED) is 0.631. The number of sulfonamides is 1. The van der Waals surface area contributed by atoms with Crippen LogP contribution in [0.2, 0.25) is 0 Å². The van der Waals surface area contributed by atoms with Gasteiger partial charge >= 0.3 is 0 Å². The zero-order valence-electron chi connectivity index (χ0n) is 13.5. The van der Waals surface area contributed by atoms with E-state index in [1.165, 1.54) is 4.31 Å². The Hall–Kier alpha value is -1.54. The Bertz CT molecular complexity index is 894. The maximum atomic E-state index is 12.5. The third-order valence-corrected chi connectivity index (χ3v) is 7.67. The van der Waals surface area contributed by atoms with Gasteiger partial charge in [-0.05, 0) is 23.6 Å². The van der Waals surface area contributed by atoms with E-state index >= 15 is 0 Å². The van der Waals surface area contributed by atoms with Crippen LogP contribution in [0.3, 0.4) is 0 Å². The molecule has 1 aromatic carbocycles. The second kappa shape index (κ2) is 7.14. The highest BCUT2D eigenvalue weighted by molar-refractivity contribution is 7.89. The van der Waals surface area contributed by atoms with Crippen molar-refractivity contribution in [2.75, 3.05) is 13.1 Å².